The molecular weight excluding hydrogens is 218 g/mol. The van der Waals surface area contributed by atoms with Gasteiger partial charge in [0.1, 0.15) is 0 Å². The zero-order valence-electron chi connectivity index (χ0n) is 9.68. The fourth-order valence-corrected chi connectivity index (χ4v) is 1.37. The first-order valence-corrected chi connectivity index (χ1v) is 5.06. The maximum Gasteiger partial charge on any atom is 0.220 e. The molecule has 5 nitrogen and oxygen atoms in total. The SMILES string of the molecule is COc1cc(OC)nc(-c2ccc(N)cc2)n1. The third-order valence-corrected chi connectivity index (χ3v) is 2.27. The zero-order valence-corrected chi connectivity index (χ0v) is 9.68. The van der Waals surface area contributed by atoms with Crippen LogP contribution in [0.3, 0.4) is 0 Å². The van der Waals surface area contributed by atoms with Crippen molar-refractivity contribution < 1.29 is 9.47 Å². The number of aromatic nitrogens is 2. The van der Waals surface area contributed by atoms with Crippen LogP contribution in [0.1, 0.15) is 0 Å². The van der Waals surface area contributed by atoms with E-state index >= 15 is 0 Å². The van der Waals surface area contributed by atoms with Gasteiger partial charge in [-0.3, -0.25) is 0 Å². The van der Waals surface area contributed by atoms with E-state index < -0.39 is 0 Å². The Morgan fingerprint density at radius 1 is 0.941 bits per heavy atom. The van der Waals surface area contributed by atoms with Crippen molar-refractivity contribution in [3.05, 3.63) is 30.3 Å². The molecule has 0 aliphatic heterocycles. The Hall–Kier alpha value is -2.30. The van der Waals surface area contributed by atoms with Crippen molar-refractivity contribution in [2.24, 2.45) is 0 Å². The van der Waals surface area contributed by atoms with Gasteiger partial charge in [-0.2, -0.15) is 9.97 Å². The number of nitrogen functional groups attached to an aromatic ring is 1. The Kier molecular flexibility index (Phi) is 3.09. The predicted molar refractivity (Wildman–Crippen MR) is 65.0 cm³/mol. The molecule has 0 saturated carbocycles. The molecule has 2 rings (SSSR count). The highest BCUT2D eigenvalue weighted by Crippen LogP contribution is 2.22. The van der Waals surface area contributed by atoms with E-state index in [1.165, 1.54) is 0 Å². The highest BCUT2D eigenvalue weighted by atomic mass is 16.5. The number of hydrogen-bond acceptors (Lipinski definition) is 5. The summed E-state index contributed by atoms with van der Waals surface area (Å²) in [5, 5.41) is 0. The quantitative estimate of drug-likeness (QED) is 0.815. The first kappa shape index (κ1) is 11.2. The van der Waals surface area contributed by atoms with Crippen LogP contribution < -0.4 is 15.2 Å². The normalized spacial score (nSPS) is 10.0. The lowest BCUT2D eigenvalue weighted by atomic mass is 10.2. The molecule has 0 amide bonds. The van der Waals surface area contributed by atoms with E-state index in [1.807, 2.05) is 12.1 Å². The number of anilines is 1. The molecule has 0 aliphatic carbocycles. The van der Waals surface area contributed by atoms with Crippen LogP contribution in [0.4, 0.5) is 5.69 Å². The van der Waals surface area contributed by atoms with Gasteiger partial charge in [0.25, 0.3) is 0 Å². The van der Waals surface area contributed by atoms with Crippen LogP contribution in [-0.2, 0) is 0 Å². The van der Waals surface area contributed by atoms with Gasteiger partial charge < -0.3 is 15.2 Å². The first-order chi connectivity index (χ1) is 8.22. The van der Waals surface area contributed by atoms with Crippen LogP contribution in [0, 0.1) is 0 Å². The molecule has 0 spiro atoms. The molecule has 0 unspecified atom stereocenters. The molecule has 0 fully saturated rings. The number of methoxy groups -OCH3 is 2. The summed E-state index contributed by atoms with van der Waals surface area (Å²) in [6, 6.07) is 8.92. The maximum atomic E-state index is 5.63. The molecule has 1 aromatic carbocycles. The van der Waals surface area contributed by atoms with Crippen molar-refractivity contribution in [2.45, 2.75) is 0 Å². The molecule has 2 N–H and O–H groups in total. The molecule has 2 aromatic rings. The van der Waals surface area contributed by atoms with Crippen molar-refractivity contribution in [1.82, 2.24) is 9.97 Å². The van der Waals surface area contributed by atoms with Gasteiger partial charge >= 0.3 is 0 Å². The van der Waals surface area contributed by atoms with Crippen LogP contribution in [0.2, 0.25) is 0 Å². The van der Waals surface area contributed by atoms with Crippen LogP contribution >= 0.6 is 0 Å². The molecule has 0 bridgehead atoms. The zero-order chi connectivity index (χ0) is 12.3. The van der Waals surface area contributed by atoms with Crippen LogP contribution in [-0.4, -0.2) is 24.2 Å². The molecule has 5 heteroatoms. The number of benzene rings is 1. The molecule has 0 saturated heterocycles. The van der Waals surface area contributed by atoms with Crippen molar-refractivity contribution >= 4 is 5.69 Å². The number of nitrogens with two attached hydrogens (primary N) is 1. The number of ether oxygens (including phenoxy) is 2. The summed E-state index contributed by atoms with van der Waals surface area (Å²) in [7, 11) is 3.10. The third kappa shape index (κ3) is 2.44. The smallest absolute Gasteiger partial charge is 0.220 e. The number of nitrogens with zero attached hydrogens (tertiary/aromatic N) is 2. The van der Waals surface area contributed by atoms with E-state index in [0.29, 0.717) is 23.3 Å². The van der Waals surface area contributed by atoms with Gasteiger partial charge in [0.15, 0.2) is 5.82 Å². The van der Waals surface area contributed by atoms with E-state index in [0.717, 1.165) is 5.56 Å². The van der Waals surface area contributed by atoms with Crippen LogP contribution in [0.5, 0.6) is 11.8 Å². The summed E-state index contributed by atoms with van der Waals surface area (Å²) < 4.78 is 10.2. The summed E-state index contributed by atoms with van der Waals surface area (Å²) >= 11 is 0. The summed E-state index contributed by atoms with van der Waals surface area (Å²) in [5.74, 6) is 1.47. The molecule has 0 aliphatic rings. The largest absolute Gasteiger partial charge is 0.481 e. The van der Waals surface area contributed by atoms with Crippen molar-refractivity contribution in [1.29, 1.82) is 0 Å². The number of rotatable bonds is 3. The van der Waals surface area contributed by atoms with Crippen molar-refractivity contribution in [2.75, 3.05) is 20.0 Å². The number of hydrogen-bond donors (Lipinski definition) is 1. The van der Waals surface area contributed by atoms with E-state index in [9.17, 15) is 0 Å². The summed E-state index contributed by atoms with van der Waals surface area (Å²) in [5.41, 5.74) is 7.18. The monoisotopic (exact) mass is 231 g/mol. The minimum atomic E-state index is 0.462. The maximum absolute atomic E-state index is 5.63. The van der Waals surface area contributed by atoms with Gasteiger partial charge in [-0.1, -0.05) is 0 Å². The molecule has 1 heterocycles. The molecular formula is C12H13N3O2. The van der Waals surface area contributed by atoms with E-state index in [-0.39, 0.29) is 0 Å². The minimum Gasteiger partial charge on any atom is -0.481 e. The first-order valence-electron chi connectivity index (χ1n) is 5.06. The second kappa shape index (κ2) is 4.69. The molecule has 88 valence electrons. The molecule has 17 heavy (non-hydrogen) atoms. The van der Waals surface area contributed by atoms with Crippen molar-refractivity contribution in [3.8, 4) is 23.1 Å². The second-order valence-corrected chi connectivity index (χ2v) is 3.40. The fraction of sp³-hybridized carbons (Fsp3) is 0.167. The Balaban J connectivity index is 2.46. The van der Waals surface area contributed by atoms with E-state index in [1.54, 1.807) is 32.4 Å². The fourth-order valence-electron chi connectivity index (χ4n) is 1.37. The van der Waals surface area contributed by atoms with Crippen molar-refractivity contribution in [3.63, 3.8) is 0 Å². The van der Waals surface area contributed by atoms with E-state index in [4.69, 9.17) is 15.2 Å². The summed E-state index contributed by atoms with van der Waals surface area (Å²) in [6.07, 6.45) is 0. The standard InChI is InChI=1S/C12H13N3O2/c1-16-10-7-11(17-2)15-12(14-10)8-3-5-9(13)6-4-8/h3-7H,13H2,1-2H3. The van der Waals surface area contributed by atoms with Gasteiger partial charge in [0.2, 0.25) is 11.8 Å². The lowest BCUT2D eigenvalue weighted by molar-refractivity contribution is 0.373. The predicted octanol–water partition coefficient (Wildman–Crippen LogP) is 1.74. The van der Waals surface area contributed by atoms with Crippen LogP contribution in [0.15, 0.2) is 30.3 Å². The lowest BCUT2D eigenvalue weighted by Crippen LogP contribution is -1.97. The summed E-state index contributed by atoms with van der Waals surface area (Å²) in [6.45, 7) is 0. The minimum absolute atomic E-state index is 0.462. The molecule has 1 aromatic heterocycles. The molecule has 0 atom stereocenters. The highest BCUT2D eigenvalue weighted by molar-refractivity contribution is 5.59. The highest BCUT2D eigenvalue weighted by Gasteiger charge is 2.07. The van der Waals surface area contributed by atoms with Gasteiger partial charge in [-0.05, 0) is 24.3 Å². The second-order valence-electron chi connectivity index (χ2n) is 3.40. The Labute approximate surface area is 99.2 Å². The van der Waals surface area contributed by atoms with Gasteiger partial charge in [-0.25, -0.2) is 0 Å². The average Bonchev–Trinajstić information content (AvgIpc) is 2.39. The Bertz CT molecular complexity index is 489. The summed E-state index contributed by atoms with van der Waals surface area (Å²) in [4.78, 5) is 8.49. The Morgan fingerprint density at radius 3 is 1.94 bits per heavy atom. The van der Waals surface area contributed by atoms with Crippen LogP contribution in [0.25, 0.3) is 11.4 Å². The average molecular weight is 231 g/mol. The lowest BCUT2D eigenvalue weighted by Gasteiger charge is -2.06. The molecule has 0 radical (unpaired) electrons. The van der Waals surface area contributed by atoms with Gasteiger partial charge in [0, 0.05) is 11.3 Å². The van der Waals surface area contributed by atoms with Gasteiger partial charge in [-0.15, -0.1) is 0 Å². The van der Waals surface area contributed by atoms with E-state index in [2.05, 4.69) is 9.97 Å². The van der Waals surface area contributed by atoms with Gasteiger partial charge in [0.05, 0.1) is 20.3 Å². The Morgan fingerprint density at radius 2 is 1.47 bits per heavy atom. The third-order valence-electron chi connectivity index (χ3n) is 2.27. The topological polar surface area (TPSA) is 70.3 Å².